The lowest BCUT2D eigenvalue weighted by molar-refractivity contribution is -0.130. The van der Waals surface area contributed by atoms with Gasteiger partial charge < -0.3 is 9.52 Å². The summed E-state index contributed by atoms with van der Waals surface area (Å²) in [7, 11) is 0. The van der Waals surface area contributed by atoms with Crippen LogP contribution < -0.4 is 11.3 Å². The molecule has 0 fully saturated rings. The van der Waals surface area contributed by atoms with Crippen molar-refractivity contribution in [3.8, 4) is 0 Å². The van der Waals surface area contributed by atoms with Crippen LogP contribution >= 0.6 is 0 Å². The van der Waals surface area contributed by atoms with Crippen LogP contribution in [0.1, 0.15) is 11.9 Å². The molecular formula is C6H8N2O3. The number of aliphatic hydroxyl groups is 1. The van der Waals surface area contributed by atoms with Crippen molar-refractivity contribution in [2.24, 2.45) is 5.84 Å². The van der Waals surface area contributed by atoms with Crippen molar-refractivity contribution in [3.05, 3.63) is 24.2 Å². The number of hydrogen-bond donors (Lipinski definition) is 3. The molecule has 0 aliphatic rings. The second-order valence-electron chi connectivity index (χ2n) is 1.93. The first-order valence-corrected chi connectivity index (χ1v) is 2.97. The van der Waals surface area contributed by atoms with Crippen molar-refractivity contribution in [2.45, 2.75) is 6.10 Å². The van der Waals surface area contributed by atoms with E-state index in [9.17, 15) is 4.79 Å². The molecule has 1 heterocycles. The highest BCUT2D eigenvalue weighted by molar-refractivity contribution is 5.80. The number of hydrazine groups is 1. The topological polar surface area (TPSA) is 88.5 Å². The van der Waals surface area contributed by atoms with Gasteiger partial charge in [-0.1, -0.05) is 0 Å². The van der Waals surface area contributed by atoms with Crippen LogP contribution in [0, 0.1) is 0 Å². The molecule has 1 unspecified atom stereocenters. The monoisotopic (exact) mass is 156 g/mol. The first-order chi connectivity index (χ1) is 5.25. The third-order valence-corrected chi connectivity index (χ3v) is 1.20. The smallest absolute Gasteiger partial charge is 0.270 e. The van der Waals surface area contributed by atoms with Crippen molar-refractivity contribution in [1.82, 2.24) is 5.43 Å². The molecule has 0 bridgehead atoms. The molecule has 1 aromatic heterocycles. The summed E-state index contributed by atoms with van der Waals surface area (Å²) in [5.41, 5.74) is 1.80. The largest absolute Gasteiger partial charge is 0.466 e. The van der Waals surface area contributed by atoms with Crippen molar-refractivity contribution in [2.75, 3.05) is 0 Å². The quantitative estimate of drug-likeness (QED) is 0.300. The van der Waals surface area contributed by atoms with Gasteiger partial charge >= 0.3 is 0 Å². The lowest BCUT2D eigenvalue weighted by Crippen LogP contribution is -2.34. The molecule has 4 N–H and O–H groups in total. The van der Waals surface area contributed by atoms with Gasteiger partial charge in [0.05, 0.1) is 6.26 Å². The Morgan fingerprint density at radius 1 is 1.82 bits per heavy atom. The summed E-state index contributed by atoms with van der Waals surface area (Å²) in [4.78, 5) is 10.7. The molecule has 0 aliphatic heterocycles. The van der Waals surface area contributed by atoms with E-state index in [1.807, 2.05) is 0 Å². The van der Waals surface area contributed by atoms with E-state index in [0.717, 1.165) is 0 Å². The number of nitrogens with two attached hydrogens (primary N) is 1. The van der Waals surface area contributed by atoms with Gasteiger partial charge in [0.15, 0.2) is 6.10 Å². The summed E-state index contributed by atoms with van der Waals surface area (Å²) in [5, 5.41) is 9.09. The Kier molecular flexibility index (Phi) is 2.25. The Bertz CT molecular complexity index is 232. The molecule has 0 saturated carbocycles. The lowest BCUT2D eigenvalue weighted by Gasteiger charge is -2.03. The van der Waals surface area contributed by atoms with E-state index in [-0.39, 0.29) is 5.76 Å². The molecule has 0 aromatic carbocycles. The zero-order chi connectivity index (χ0) is 8.27. The fraction of sp³-hybridized carbons (Fsp3) is 0.167. The van der Waals surface area contributed by atoms with Crippen molar-refractivity contribution in [3.63, 3.8) is 0 Å². The lowest BCUT2D eigenvalue weighted by atomic mass is 10.3. The van der Waals surface area contributed by atoms with E-state index in [1.165, 1.54) is 12.3 Å². The van der Waals surface area contributed by atoms with Gasteiger partial charge in [0.25, 0.3) is 5.91 Å². The minimum absolute atomic E-state index is 0.174. The molecule has 60 valence electrons. The van der Waals surface area contributed by atoms with Crippen LogP contribution in [0.3, 0.4) is 0 Å². The summed E-state index contributed by atoms with van der Waals surface area (Å²) < 4.78 is 4.75. The first kappa shape index (κ1) is 7.77. The number of furan rings is 1. The Morgan fingerprint density at radius 2 is 2.55 bits per heavy atom. The normalized spacial score (nSPS) is 12.5. The number of rotatable bonds is 2. The fourth-order valence-corrected chi connectivity index (χ4v) is 0.655. The number of nitrogens with one attached hydrogen (secondary N) is 1. The van der Waals surface area contributed by atoms with Gasteiger partial charge in [-0.25, -0.2) is 5.84 Å². The van der Waals surface area contributed by atoms with Crippen molar-refractivity contribution in [1.29, 1.82) is 0 Å². The van der Waals surface area contributed by atoms with Crippen LogP contribution in [0.15, 0.2) is 22.8 Å². The summed E-state index contributed by atoms with van der Waals surface area (Å²) in [6.45, 7) is 0. The summed E-state index contributed by atoms with van der Waals surface area (Å²) in [6, 6.07) is 3.06. The number of amides is 1. The zero-order valence-electron chi connectivity index (χ0n) is 5.65. The van der Waals surface area contributed by atoms with Crippen LogP contribution in [-0.4, -0.2) is 11.0 Å². The second-order valence-corrected chi connectivity index (χ2v) is 1.93. The minimum atomic E-state index is -1.32. The van der Waals surface area contributed by atoms with Crippen LogP contribution in [0.5, 0.6) is 0 Å². The number of aliphatic hydroxyl groups excluding tert-OH is 1. The van der Waals surface area contributed by atoms with E-state index in [4.69, 9.17) is 15.4 Å². The van der Waals surface area contributed by atoms with Crippen LogP contribution in [-0.2, 0) is 4.79 Å². The van der Waals surface area contributed by atoms with Crippen molar-refractivity contribution < 1.29 is 14.3 Å². The molecule has 0 spiro atoms. The van der Waals surface area contributed by atoms with E-state index in [2.05, 4.69) is 0 Å². The zero-order valence-corrected chi connectivity index (χ0v) is 5.65. The summed E-state index contributed by atoms with van der Waals surface area (Å²) >= 11 is 0. The Balaban J connectivity index is 2.70. The Labute approximate surface area is 62.8 Å². The van der Waals surface area contributed by atoms with E-state index in [1.54, 1.807) is 11.5 Å². The summed E-state index contributed by atoms with van der Waals surface area (Å²) in [5.74, 6) is 4.26. The SMILES string of the molecule is NNC(=O)C(O)c1ccco1. The van der Waals surface area contributed by atoms with E-state index >= 15 is 0 Å². The van der Waals surface area contributed by atoms with Crippen LogP contribution in [0.4, 0.5) is 0 Å². The highest BCUT2D eigenvalue weighted by Gasteiger charge is 2.17. The molecule has 5 nitrogen and oxygen atoms in total. The second kappa shape index (κ2) is 3.18. The predicted molar refractivity (Wildman–Crippen MR) is 36.0 cm³/mol. The van der Waals surface area contributed by atoms with Crippen molar-refractivity contribution >= 4 is 5.91 Å². The Morgan fingerprint density at radius 3 is 3.00 bits per heavy atom. The molecule has 0 saturated heterocycles. The first-order valence-electron chi connectivity index (χ1n) is 2.97. The minimum Gasteiger partial charge on any atom is -0.466 e. The van der Waals surface area contributed by atoms with E-state index < -0.39 is 12.0 Å². The van der Waals surface area contributed by atoms with Gasteiger partial charge in [-0.05, 0) is 12.1 Å². The maximum absolute atomic E-state index is 10.7. The molecule has 1 atom stereocenters. The number of carbonyl (C=O) groups is 1. The molecule has 1 amide bonds. The molecule has 1 rings (SSSR count). The molecule has 1 aromatic rings. The van der Waals surface area contributed by atoms with Crippen LogP contribution in [0.25, 0.3) is 0 Å². The molecule has 11 heavy (non-hydrogen) atoms. The maximum Gasteiger partial charge on any atom is 0.270 e. The summed E-state index contributed by atoms with van der Waals surface area (Å²) in [6.07, 6.45) is 0.0394. The maximum atomic E-state index is 10.7. The van der Waals surface area contributed by atoms with Gasteiger partial charge in [0, 0.05) is 0 Å². The van der Waals surface area contributed by atoms with Gasteiger partial charge in [-0.3, -0.25) is 10.2 Å². The fourth-order valence-electron chi connectivity index (χ4n) is 0.655. The van der Waals surface area contributed by atoms with E-state index in [0.29, 0.717) is 0 Å². The molecular weight excluding hydrogens is 148 g/mol. The Hall–Kier alpha value is -1.33. The average Bonchev–Trinajstić information content (AvgIpc) is 2.53. The third-order valence-electron chi connectivity index (χ3n) is 1.20. The highest BCUT2D eigenvalue weighted by Crippen LogP contribution is 2.11. The predicted octanol–water partition coefficient (Wildman–Crippen LogP) is -0.697. The third kappa shape index (κ3) is 1.57. The molecule has 0 aliphatic carbocycles. The van der Waals surface area contributed by atoms with Crippen LogP contribution in [0.2, 0.25) is 0 Å². The standard InChI is InChI=1S/C6H8N2O3/c7-8-6(10)5(9)4-2-1-3-11-4/h1-3,5,9H,7H2,(H,8,10). The highest BCUT2D eigenvalue weighted by atomic mass is 16.4. The number of hydrogen-bond acceptors (Lipinski definition) is 4. The molecule has 0 radical (unpaired) electrons. The molecule has 5 heteroatoms. The number of carbonyl (C=O) groups excluding carboxylic acids is 1. The van der Waals surface area contributed by atoms with Gasteiger partial charge in [-0.15, -0.1) is 0 Å². The average molecular weight is 156 g/mol. The van der Waals surface area contributed by atoms with Gasteiger partial charge in [0.1, 0.15) is 5.76 Å². The van der Waals surface area contributed by atoms with Gasteiger partial charge in [0.2, 0.25) is 0 Å². The van der Waals surface area contributed by atoms with Gasteiger partial charge in [-0.2, -0.15) is 0 Å².